The van der Waals surface area contributed by atoms with Gasteiger partial charge in [0, 0.05) is 21.9 Å². The number of nitrogens with zero attached hydrogens (tertiary/aromatic N) is 4. The molecule has 0 saturated carbocycles. The Balaban J connectivity index is 1.16. The molecule has 0 aliphatic rings. The number of aromatic nitrogens is 4. The van der Waals surface area contributed by atoms with Crippen molar-refractivity contribution < 1.29 is 0 Å². The first-order valence-electron chi connectivity index (χ1n) is 21.4. The van der Waals surface area contributed by atoms with Crippen LogP contribution in [0.3, 0.4) is 0 Å². The molecule has 0 saturated heterocycles. The zero-order valence-electron chi connectivity index (χ0n) is 34.2. The van der Waals surface area contributed by atoms with E-state index in [1.54, 1.807) is 0 Å². The van der Waals surface area contributed by atoms with E-state index in [2.05, 4.69) is 223 Å². The smallest absolute Gasteiger partial charge is 0.166 e. The van der Waals surface area contributed by atoms with Crippen LogP contribution in [0.5, 0.6) is 0 Å². The summed E-state index contributed by atoms with van der Waals surface area (Å²) in [6, 6.07) is 81.7. The van der Waals surface area contributed by atoms with Crippen LogP contribution in [0, 0.1) is 0 Å². The van der Waals surface area contributed by atoms with Gasteiger partial charge in [-0.3, -0.25) is 0 Å². The fourth-order valence-electron chi connectivity index (χ4n) is 9.27. The van der Waals surface area contributed by atoms with Gasteiger partial charge in [0.15, 0.2) is 17.5 Å². The number of rotatable bonds is 7. The molecule has 12 rings (SSSR count). The maximum absolute atomic E-state index is 5.46. The van der Waals surface area contributed by atoms with Gasteiger partial charge in [0.05, 0.1) is 22.3 Å². The third-order valence-electron chi connectivity index (χ3n) is 12.3. The average molecular weight is 803 g/mol. The van der Waals surface area contributed by atoms with Gasteiger partial charge < -0.3 is 4.57 Å². The minimum Gasteiger partial charge on any atom is -0.308 e. The lowest BCUT2D eigenvalue weighted by Crippen LogP contribution is -2.05. The van der Waals surface area contributed by atoms with Gasteiger partial charge in [0.1, 0.15) is 0 Å². The van der Waals surface area contributed by atoms with Crippen molar-refractivity contribution in [2.75, 3.05) is 0 Å². The maximum atomic E-state index is 5.46. The molecule has 0 fully saturated rings. The first-order valence-corrected chi connectivity index (χ1v) is 21.4. The number of para-hydroxylation sites is 2. The molecule has 12 aromatic rings. The molecular weight excluding hydrogens is 765 g/mol. The summed E-state index contributed by atoms with van der Waals surface area (Å²) in [6.07, 6.45) is 0. The van der Waals surface area contributed by atoms with E-state index in [4.69, 9.17) is 15.0 Å². The normalized spacial score (nSPS) is 11.5. The van der Waals surface area contributed by atoms with Gasteiger partial charge in [0.25, 0.3) is 0 Å². The van der Waals surface area contributed by atoms with E-state index in [1.165, 1.54) is 27.1 Å². The third kappa shape index (κ3) is 6.36. The second-order valence-electron chi connectivity index (χ2n) is 16.0. The Morgan fingerprint density at radius 1 is 0.270 bits per heavy atom. The highest BCUT2D eigenvalue weighted by Gasteiger charge is 2.24. The number of benzene rings is 10. The van der Waals surface area contributed by atoms with E-state index in [0.29, 0.717) is 17.5 Å². The zero-order chi connectivity index (χ0) is 41.7. The number of hydrogen-bond acceptors (Lipinski definition) is 3. The minimum atomic E-state index is 0.604. The molecule has 0 unspecified atom stereocenters. The molecule has 0 bridgehead atoms. The molecule has 63 heavy (non-hydrogen) atoms. The Morgan fingerprint density at radius 3 is 1.25 bits per heavy atom. The standard InChI is InChI=1S/C59H38N4/c1-3-16-39(17-4-1)41-30-34-44(35-31-41)57-60-58(45-36-32-42(33-37-45)40-18-5-2-6-19-40)62-59(61-57)56-51-26-10-9-23-48(51)52(47-27-15-21-43-20-7-8-22-46(43)47)38-55(56)63-53-28-13-11-24-49(53)50-25-12-14-29-54(50)63/h1-38H. The second-order valence-corrected chi connectivity index (χ2v) is 16.0. The minimum absolute atomic E-state index is 0.604. The molecular formula is C59H38N4. The number of fused-ring (bicyclic) bond motifs is 5. The molecule has 10 aromatic carbocycles. The highest BCUT2D eigenvalue weighted by Crippen LogP contribution is 2.44. The molecule has 0 amide bonds. The van der Waals surface area contributed by atoms with E-state index in [1.807, 2.05) is 12.1 Å². The second kappa shape index (κ2) is 15.2. The van der Waals surface area contributed by atoms with Crippen LogP contribution < -0.4 is 0 Å². The average Bonchev–Trinajstić information content (AvgIpc) is 3.70. The Hall–Kier alpha value is -8.47. The Kier molecular flexibility index (Phi) is 8.79. The highest BCUT2D eigenvalue weighted by atomic mass is 15.1. The molecule has 294 valence electrons. The molecule has 2 aromatic heterocycles. The van der Waals surface area contributed by atoms with Gasteiger partial charge in [-0.15, -0.1) is 0 Å². The molecule has 0 aliphatic heterocycles. The summed E-state index contributed by atoms with van der Waals surface area (Å²) in [5, 5.41) is 6.96. The fraction of sp³-hybridized carbons (Fsp3) is 0. The van der Waals surface area contributed by atoms with Crippen molar-refractivity contribution in [1.82, 2.24) is 19.5 Å². The van der Waals surface area contributed by atoms with Crippen LogP contribution in [0.4, 0.5) is 0 Å². The van der Waals surface area contributed by atoms with Gasteiger partial charge in [-0.05, 0) is 73.1 Å². The van der Waals surface area contributed by atoms with Gasteiger partial charge >= 0.3 is 0 Å². The Labute approximate surface area is 365 Å². The molecule has 0 radical (unpaired) electrons. The van der Waals surface area contributed by atoms with Crippen molar-refractivity contribution in [3.8, 4) is 73.2 Å². The van der Waals surface area contributed by atoms with Crippen molar-refractivity contribution in [2.24, 2.45) is 0 Å². The Bertz CT molecular complexity index is 3490. The van der Waals surface area contributed by atoms with Crippen molar-refractivity contribution in [2.45, 2.75) is 0 Å². The lowest BCUT2D eigenvalue weighted by atomic mass is 9.90. The molecule has 0 aliphatic carbocycles. The van der Waals surface area contributed by atoms with Gasteiger partial charge in [-0.2, -0.15) is 0 Å². The van der Waals surface area contributed by atoms with E-state index >= 15 is 0 Å². The summed E-state index contributed by atoms with van der Waals surface area (Å²) in [4.78, 5) is 16.2. The van der Waals surface area contributed by atoms with E-state index in [0.717, 1.165) is 72.0 Å². The van der Waals surface area contributed by atoms with E-state index < -0.39 is 0 Å². The van der Waals surface area contributed by atoms with Crippen LogP contribution in [-0.4, -0.2) is 19.5 Å². The SMILES string of the molecule is c1ccc(-c2ccc(-c3nc(-c4ccc(-c5ccccc5)cc4)nc(-c4c(-n5c6ccccc6c6ccccc65)cc(-c5cccc6ccccc56)c5ccccc45)n3)cc2)cc1. The molecule has 4 nitrogen and oxygen atoms in total. The summed E-state index contributed by atoms with van der Waals surface area (Å²) >= 11 is 0. The quantitative estimate of drug-likeness (QED) is 0.161. The van der Waals surface area contributed by atoms with Crippen LogP contribution in [0.15, 0.2) is 231 Å². The molecule has 4 heteroatoms. The van der Waals surface area contributed by atoms with Crippen molar-refractivity contribution in [3.63, 3.8) is 0 Å². The van der Waals surface area contributed by atoms with Crippen molar-refractivity contribution in [3.05, 3.63) is 231 Å². The van der Waals surface area contributed by atoms with Crippen LogP contribution in [0.1, 0.15) is 0 Å². The van der Waals surface area contributed by atoms with E-state index in [9.17, 15) is 0 Å². The topological polar surface area (TPSA) is 43.6 Å². The zero-order valence-corrected chi connectivity index (χ0v) is 34.2. The van der Waals surface area contributed by atoms with Crippen LogP contribution in [0.25, 0.3) is 117 Å². The third-order valence-corrected chi connectivity index (χ3v) is 12.3. The van der Waals surface area contributed by atoms with Gasteiger partial charge in [-0.25, -0.2) is 15.0 Å². The van der Waals surface area contributed by atoms with Crippen molar-refractivity contribution >= 4 is 43.4 Å². The lowest BCUT2D eigenvalue weighted by Gasteiger charge is -2.20. The maximum Gasteiger partial charge on any atom is 0.166 e. The van der Waals surface area contributed by atoms with Crippen LogP contribution in [0.2, 0.25) is 0 Å². The summed E-state index contributed by atoms with van der Waals surface area (Å²) in [7, 11) is 0. The summed E-state index contributed by atoms with van der Waals surface area (Å²) in [5.74, 6) is 1.82. The van der Waals surface area contributed by atoms with E-state index in [-0.39, 0.29) is 0 Å². The highest BCUT2D eigenvalue weighted by molar-refractivity contribution is 6.14. The Morgan fingerprint density at radius 2 is 0.683 bits per heavy atom. The van der Waals surface area contributed by atoms with Gasteiger partial charge in [-0.1, -0.05) is 212 Å². The van der Waals surface area contributed by atoms with Gasteiger partial charge in [0.2, 0.25) is 0 Å². The molecule has 0 N–H and O–H groups in total. The largest absolute Gasteiger partial charge is 0.308 e. The molecule has 0 atom stereocenters. The lowest BCUT2D eigenvalue weighted by molar-refractivity contribution is 1.07. The predicted molar refractivity (Wildman–Crippen MR) is 262 cm³/mol. The number of hydrogen-bond donors (Lipinski definition) is 0. The first-order chi connectivity index (χ1) is 31.2. The summed E-state index contributed by atoms with van der Waals surface area (Å²) in [5.41, 5.74) is 12.9. The summed E-state index contributed by atoms with van der Waals surface area (Å²) in [6.45, 7) is 0. The van der Waals surface area contributed by atoms with Crippen molar-refractivity contribution in [1.29, 1.82) is 0 Å². The predicted octanol–water partition coefficient (Wildman–Crippen LogP) is 15.3. The monoisotopic (exact) mass is 802 g/mol. The van der Waals surface area contributed by atoms with Crippen LogP contribution >= 0.6 is 0 Å². The fourth-order valence-corrected chi connectivity index (χ4v) is 9.27. The van der Waals surface area contributed by atoms with Crippen LogP contribution in [-0.2, 0) is 0 Å². The summed E-state index contributed by atoms with van der Waals surface area (Å²) < 4.78 is 2.41. The molecule has 0 spiro atoms. The first kappa shape index (κ1) is 36.4. The molecule has 2 heterocycles.